The Morgan fingerprint density at radius 3 is 2.42 bits per heavy atom. The molecule has 0 radical (unpaired) electrons. The summed E-state index contributed by atoms with van der Waals surface area (Å²) in [6, 6.07) is 9.60. The molecular weight excluding hydrogens is 488 g/mol. The zero-order chi connectivity index (χ0) is 26.6. The molecule has 5 rings (SSSR count). The molecule has 0 bridgehead atoms. The Morgan fingerprint density at radius 1 is 0.921 bits per heavy atom. The normalized spacial score (nSPS) is 20.7. The number of likely N-dealkylation sites (tertiary alicyclic amines) is 2. The minimum absolute atomic E-state index is 0.0408. The lowest BCUT2D eigenvalue weighted by molar-refractivity contribution is -0.140. The lowest BCUT2D eigenvalue weighted by Crippen LogP contribution is -2.40. The molecule has 0 spiro atoms. The topological polar surface area (TPSA) is 97.8 Å². The molecule has 2 saturated heterocycles. The van der Waals surface area contributed by atoms with Crippen molar-refractivity contribution < 1.29 is 33.6 Å². The highest BCUT2D eigenvalue weighted by Crippen LogP contribution is 2.43. The first-order valence-electron chi connectivity index (χ1n) is 13.3. The minimum Gasteiger partial charge on any atom is -0.507 e. The fourth-order valence-electron chi connectivity index (χ4n) is 5.33. The van der Waals surface area contributed by atoms with E-state index in [1.807, 2.05) is 19.9 Å². The van der Waals surface area contributed by atoms with E-state index in [9.17, 15) is 14.7 Å². The second-order valence-corrected chi connectivity index (χ2v) is 9.54. The van der Waals surface area contributed by atoms with Crippen LogP contribution in [0.5, 0.6) is 23.0 Å². The van der Waals surface area contributed by atoms with E-state index in [1.165, 1.54) is 6.42 Å². The monoisotopic (exact) mass is 522 g/mol. The van der Waals surface area contributed by atoms with Gasteiger partial charge in [-0.15, -0.1) is 0 Å². The summed E-state index contributed by atoms with van der Waals surface area (Å²) in [5.74, 6) is 0.559. The number of ether oxygens (including phenoxy) is 4. The predicted molar refractivity (Wildman–Crippen MR) is 141 cm³/mol. The van der Waals surface area contributed by atoms with Crippen LogP contribution in [0.15, 0.2) is 42.0 Å². The third kappa shape index (κ3) is 5.03. The van der Waals surface area contributed by atoms with Crippen LogP contribution in [0, 0.1) is 0 Å². The standard InChI is InChI=1S/C29H34N2O7/c1-3-35-21-10-8-19(16-23(21)36-4-2)26-25(27(32)20-9-11-22-24(17-20)38-18-37-22)28(33)29(34)31(26)15-14-30-12-6-5-7-13-30/h8-11,16-17,26,32H,3-7,12-15,18H2,1-2H3/b27-25+. The second-order valence-electron chi connectivity index (χ2n) is 9.54. The molecule has 0 aromatic heterocycles. The first kappa shape index (κ1) is 25.9. The first-order valence-corrected chi connectivity index (χ1v) is 13.3. The number of aliphatic hydroxyl groups is 1. The lowest BCUT2D eigenvalue weighted by Gasteiger charge is -2.31. The van der Waals surface area contributed by atoms with Crippen molar-refractivity contribution in [2.24, 2.45) is 0 Å². The Balaban J connectivity index is 1.57. The fraction of sp³-hybridized carbons (Fsp3) is 0.448. The van der Waals surface area contributed by atoms with Crippen molar-refractivity contribution in [1.82, 2.24) is 9.80 Å². The third-order valence-electron chi connectivity index (χ3n) is 7.17. The number of Topliss-reactive ketones (excluding diaryl/α,β-unsaturated/α-hetero) is 1. The van der Waals surface area contributed by atoms with Crippen molar-refractivity contribution in [1.29, 1.82) is 0 Å². The van der Waals surface area contributed by atoms with E-state index >= 15 is 0 Å². The van der Waals surface area contributed by atoms with Gasteiger partial charge in [0.25, 0.3) is 11.7 Å². The highest BCUT2D eigenvalue weighted by atomic mass is 16.7. The molecule has 1 amide bonds. The minimum atomic E-state index is -0.778. The van der Waals surface area contributed by atoms with Crippen LogP contribution in [0.1, 0.15) is 50.3 Å². The van der Waals surface area contributed by atoms with Crippen molar-refractivity contribution in [3.63, 3.8) is 0 Å². The number of amides is 1. The Hall–Kier alpha value is -3.72. The van der Waals surface area contributed by atoms with Crippen molar-refractivity contribution in [2.75, 3.05) is 46.2 Å². The van der Waals surface area contributed by atoms with Crippen molar-refractivity contribution in [2.45, 2.75) is 39.2 Å². The molecule has 38 heavy (non-hydrogen) atoms. The Bertz CT molecular complexity index is 1240. The summed E-state index contributed by atoms with van der Waals surface area (Å²) in [6.07, 6.45) is 3.47. The Labute approximate surface area is 222 Å². The summed E-state index contributed by atoms with van der Waals surface area (Å²) in [5, 5.41) is 11.4. The van der Waals surface area contributed by atoms with Crippen LogP contribution >= 0.6 is 0 Å². The molecule has 202 valence electrons. The first-order chi connectivity index (χ1) is 18.5. The number of hydrogen-bond acceptors (Lipinski definition) is 8. The number of carbonyl (C=O) groups excluding carboxylic acids is 2. The zero-order valence-electron chi connectivity index (χ0n) is 21.9. The molecule has 0 saturated carbocycles. The molecule has 3 aliphatic rings. The maximum atomic E-state index is 13.4. The van der Waals surface area contributed by atoms with Crippen molar-refractivity contribution in [3.05, 3.63) is 53.1 Å². The van der Waals surface area contributed by atoms with E-state index in [2.05, 4.69) is 4.90 Å². The summed E-state index contributed by atoms with van der Waals surface area (Å²) in [5.41, 5.74) is 1.08. The quantitative estimate of drug-likeness (QED) is 0.298. The average Bonchev–Trinajstić information content (AvgIpc) is 3.51. The molecule has 1 unspecified atom stereocenters. The van der Waals surface area contributed by atoms with Gasteiger partial charge in [-0.3, -0.25) is 9.59 Å². The number of benzene rings is 2. The van der Waals surface area contributed by atoms with E-state index in [4.69, 9.17) is 18.9 Å². The summed E-state index contributed by atoms with van der Waals surface area (Å²) < 4.78 is 22.4. The summed E-state index contributed by atoms with van der Waals surface area (Å²) in [4.78, 5) is 30.7. The fourth-order valence-corrected chi connectivity index (χ4v) is 5.33. The number of fused-ring (bicyclic) bond motifs is 1. The van der Waals surface area contributed by atoms with Gasteiger partial charge < -0.3 is 33.9 Å². The lowest BCUT2D eigenvalue weighted by atomic mass is 9.94. The van der Waals surface area contributed by atoms with Gasteiger partial charge in [0, 0.05) is 18.7 Å². The van der Waals surface area contributed by atoms with Crippen LogP contribution < -0.4 is 18.9 Å². The van der Waals surface area contributed by atoms with Crippen LogP contribution in [-0.4, -0.2) is 72.8 Å². The van der Waals surface area contributed by atoms with E-state index in [0.29, 0.717) is 60.4 Å². The third-order valence-corrected chi connectivity index (χ3v) is 7.17. The smallest absolute Gasteiger partial charge is 0.295 e. The highest BCUT2D eigenvalue weighted by Gasteiger charge is 2.46. The van der Waals surface area contributed by atoms with Crippen LogP contribution in [0.3, 0.4) is 0 Å². The number of nitrogens with zero attached hydrogens (tertiary/aromatic N) is 2. The molecule has 1 N–H and O–H groups in total. The van der Waals surface area contributed by atoms with Crippen LogP contribution in [-0.2, 0) is 9.59 Å². The summed E-state index contributed by atoms with van der Waals surface area (Å²) >= 11 is 0. The number of rotatable bonds is 9. The van der Waals surface area contributed by atoms with E-state index in [0.717, 1.165) is 25.9 Å². The van der Waals surface area contributed by atoms with Gasteiger partial charge in [-0.25, -0.2) is 0 Å². The summed E-state index contributed by atoms with van der Waals surface area (Å²) in [7, 11) is 0. The maximum absolute atomic E-state index is 13.4. The number of carbonyl (C=O) groups is 2. The Morgan fingerprint density at radius 2 is 1.66 bits per heavy atom. The van der Waals surface area contributed by atoms with Gasteiger partial charge in [0.05, 0.1) is 24.8 Å². The van der Waals surface area contributed by atoms with Crippen molar-refractivity contribution >= 4 is 17.4 Å². The van der Waals surface area contributed by atoms with E-state index in [-0.39, 0.29) is 18.1 Å². The molecule has 2 aromatic carbocycles. The predicted octanol–water partition coefficient (Wildman–Crippen LogP) is 4.12. The number of hydrogen-bond donors (Lipinski definition) is 1. The highest BCUT2D eigenvalue weighted by molar-refractivity contribution is 6.46. The molecule has 1 atom stereocenters. The van der Waals surface area contributed by atoms with Crippen LogP contribution in [0.2, 0.25) is 0 Å². The van der Waals surface area contributed by atoms with Gasteiger partial charge in [0.15, 0.2) is 23.0 Å². The maximum Gasteiger partial charge on any atom is 0.295 e. The zero-order valence-corrected chi connectivity index (χ0v) is 21.9. The van der Waals surface area contributed by atoms with Gasteiger partial charge in [-0.1, -0.05) is 12.5 Å². The average molecular weight is 523 g/mol. The van der Waals surface area contributed by atoms with Gasteiger partial charge in [0.1, 0.15) is 5.76 Å². The molecular formula is C29H34N2O7. The Kier molecular flexibility index (Phi) is 7.74. The SMILES string of the molecule is CCOc1ccc(C2/C(=C(\O)c3ccc4c(c3)OCO4)C(=O)C(=O)N2CCN2CCCCC2)cc1OCC. The molecule has 3 aliphatic heterocycles. The molecule has 2 aromatic rings. The van der Waals surface area contributed by atoms with Gasteiger partial charge >= 0.3 is 0 Å². The van der Waals surface area contributed by atoms with Gasteiger partial charge in [-0.05, 0) is 75.7 Å². The molecule has 9 nitrogen and oxygen atoms in total. The summed E-state index contributed by atoms with van der Waals surface area (Å²) in [6.45, 7) is 7.73. The largest absolute Gasteiger partial charge is 0.507 e. The van der Waals surface area contributed by atoms with E-state index < -0.39 is 17.7 Å². The number of aliphatic hydroxyl groups excluding tert-OH is 1. The van der Waals surface area contributed by atoms with E-state index in [1.54, 1.807) is 35.2 Å². The molecule has 9 heteroatoms. The van der Waals surface area contributed by atoms with Crippen molar-refractivity contribution in [3.8, 4) is 23.0 Å². The molecule has 0 aliphatic carbocycles. The number of piperidine rings is 1. The second kappa shape index (κ2) is 11.3. The molecule has 2 fully saturated rings. The van der Waals surface area contributed by atoms with Crippen LogP contribution in [0.25, 0.3) is 5.76 Å². The van der Waals surface area contributed by atoms with Gasteiger partial charge in [-0.2, -0.15) is 0 Å². The van der Waals surface area contributed by atoms with Crippen LogP contribution in [0.4, 0.5) is 0 Å². The molecule has 3 heterocycles. The van der Waals surface area contributed by atoms with Gasteiger partial charge in [0.2, 0.25) is 6.79 Å². The number of ketones is 1.